The Morgan fingerprint density at radius 3 is 2.55 bits per heavy atom. The molecule has 3 N–H and O–H groups in total. The summed E-state index contributed by atoms with van der Waals surface area (Å²) >= 11 is 0. The molecule has 2 aromatic rings. The number of hydrogen-bond donors (Lipinski definition) is 3. The third-order valence-electron chi connectivity index (χ3n) is 8.04. The average Bonchev–Trinajstić information content (AvgIpc) is 3.33. The standard InChI is InChI=1S/C32H46F3N5O7/c1-19-16-40(20(2)18-41)30(43)25-15-24(36-28(42)12-13-32(33,34)35)10-11-26(25)46-21(3)9-7-8-14-45-27(19)17-39(6)31(44)37-29-22(4)38-47-23(29)5/h10-11,15,19-21,27,41H,7-9,12-14,16-18H2,1-6H3,(H,36,42)(H,37,44)/t19-,20-,21-,27+/m1/s1. The number of nitrogens with one attached hydrogen (secondary N) is 2. The van der Waals surface area contributed by atoms with E-state index in [0.717, 1.165) is 12.8 Å². The van der Waals surface area contributed by atoms with Crippen LogP contribution >= 0.6 is 0 Å². The SMILES string of the molecule is Cc1noc(C)c1NC(=O)N(C)C[C@@H]1OCCCC[C@@H](C)Oc2ccc(NC(=O)CCC(F)(F)F)cc2C(=O)N([C@H](C)CO)C[C@H]1C. The molecule has 15 heteroatoms. The van der Waals surface area contributed by atoms with Gasteiger partial charge in [-0.05, 0) is 65.2 Å². The van der Waals surface area contributed by atoms with Crippen LogP contribution in [-0.4, -0.2) is 95.7 Å². The lowest BCUT2D eigenvalue weighted by Crippen LogP contribution is -2.48. The summed E-state index contributed by atoms with van der Waals surface area (Å²) in [6.07, 6.45) is -5.19. The van der Waals surface area contributed by atoms with E-state index < -0.39 is 49.0 Å². The van der Waals surface area contributed by atoms with Crippen LogP contribution in [-0.2, 0) is 9.53 Å². The number of ether oxygens (including phenoxy) is 2. The predicted octanol–water partition coefficient (Wildman–Crippen LogP) is 5.53. The summed E-state index contributed by atoms with van der Waals surface area (Å²) in [7, 11) is 1.63. The lowest BCUT2D eigenvalue weighted by Gasteiger charge is -2.35. The van der Waals surface area contributed by atoms with Gasteiger partial charge in [-0.15, -0.1) is 0 Å². The van der Waals surface area contributed by atoms with Gasteiger partial charge in [-0.25, -0.2) is 4.79 Å². The zero-order chi connectivity index (χ0) is 34.9. The number of nitrogens with zero attached hydrogens (tertiary/aromatic N) is 3. The quantitative estimate of drug-likeness (QED) is 0.333. The smallest absolute Gasteiger partial charge is 0.389 e. The van der Waals surface area contributed by atoms with Crippen molar-refractivity contribution in [2.45, 2.75) is 91.1 Å². The minimum Gasteiger partial charge on any atom is -0.490 e. The first-order chi connectivity index (χ1) is 22.1. The maximum Gasteiger partial charge on any atom is 0.389 e. The van der Waals surface area contributed by atoms with Crippen LogP contribution in [0.4, 0.5) is 29.3 Å². The fraction of sp³-hybridized carbons (Fsp3) is 0.625. The number of hydrogen-bond acceptors (Lipinski definition) is 8. The number of carbonyl (C=O) groups excluding carboxylic acids is 3. The van der Waals surface area contributed by atoms with E-state index in [1.807, 2.05) is 13.8 Å². The Morgan fingerprint density at radius 2 is 1.91 bits per heavy atom. The molecule has 12 nitrogen and oxygen atoms in total. The van der Waals surface area contributed by atoms with Crippen molar-refractivity contribution < 1.29 is 46.7 Å². The van der Waals surface area contributed by atoms with E-state index in [1.54, 1.807) is 27.8 Å². The van der Waals surface area contributed by atoms with Crippen LogP contribution in [0, 0.1) is 19.8 Å². The van der Waals surface area contributed by atoms with Gasteiger partial charge in [0.1, 0.15) is 17.1 Å². The second-order valence-corrected chi connectivity index (χ2v) is 12.2. The third kappa shape index (κ3) is 11.1. The van der Waals surface area contributed by atoms with Crippen LogP contribution in [0.1, 0.15) is 74.7 Å². The summed E-state index contributed by atoms with van der Waals surface area (Å²) in [5.41, 5.74) is 1.25. The van der Waals surface area contributed by atoms with Gasteiger partial charge in [-0.2, -0.15) is 13.2 Å². The van der Waals surface area contributed by atoms with Crippen molar-refractivity contribution in [1.82, 2.24) is 15.0 Å². The highest BCUT2D eigenvalue weighted by atomic mass is 19.4. The molecule has 4 amide bonds. The Bertz CT molecular complexity index is 1350. The molecule has 2 heterocycles. The van der Waals surface area contributed by atoms with Crippen molar-refractivity contribution in [3.63, 3.8) is 0 Å². The third-order valence-corrected chi connectivity index (χ3v) is 8.04. The van der Waals surface area contributed by atoms with E-state index in [9.17, 15) is 32.7 Å². The number of rotatable bonds is 8. The number of aliphatic hydroxyl groups is 1. The van der Waals surface area contributed by atoms with E-state index in [1.165, 1.54) is 28.0 Å². The number of fused-ring (bicyclic) bond motifs is 1. The van der Waals surface area contributed by atoms with Crippen molar-refractivity contribution in [3.05, 3.63) is 35.2 Å². The van der Waals surface area contributed by atoms with Gasteiger partial charge in [-0.3, -0.25) is 9.59 Å². The van der Waals surface area contributed by atoms with E-state index in [0.29, 0.717) is 30.2 Å². The number of aryl methyl sites for hydroxylation is 2. The molecule has 1 aliphatic rings. The molecule has 1 aromatic carbocycles. The number of halogens is 3. The Hall–Kier alpha value is -3.85. The van der Waals surface area contributed by atoms with Crippen LogP contribution in [0.2, 0.25) is 0 Å². The summed E-state index contributed by atoms with van der Waals surface area (Å²) < 4.78 is 55.6. The van der Waals surface area contributed by atoms with Crippen molar-refractivity contribution in [2.24, 2.45) is 5.92 Å². The van der Waals surface area contributed by atoms with Gasteiger partial charge in [0, 0.05) is 44.8 Å². The van der Waals surface area contributed by atoms with Crippen molar-refractivity contribution >= 4 is 29.2 Å². The Balaban J connectivity index is 1.89. The van der Waals surface area contributed by atoms with Gasteiger partial charge in [0.05, 0.1) is 36.8 Å². The van der Waals surface area contributed by atoms with E-state index in [2.05, 4.69) is 15.8 Å². The van der Waals surface area contributed by atoms with Crippen molar-refractivity contribution in [2.75, 3.05) is 44.0 Å². The van der Waals surface area contributed by atoms with Gasteiger partial charge >= 0.3 is 12.2 Å². The number of carbonyl (C=O) groups is 3. The molecule has 0 spiro atoms. The van der Waals surface area contributed by atoms with Crippen molar-refractivity contribution in [3.8, 4) is 5.75 Å². The number of benzene rings is 1. The molecule has 0 bridgehead atoms. The summed E-state index contributed by atoms with van der Waals surface area (Å²) in [5, 5.41) is 19.2. The molecule has 47 heavy (non-hydrogen) atoms. The fourth-order valence-electron chi connectivity index (χ4n) is 5.16. The molecule has 0 fully saturated rings. The monoisotopic (exact) mass is 669 g/mol. The maximum absolute atomic E-state index is 14.2. The number of likely N-dealkylation sites (N-methyl/N-ethyl adjacent to an activating group) is 1. The molecule has 1 aromatic heterocycles. The largest absolute Gasteiger partial charge is 0.490 e. The number of amides is 4. The van der Waals surface area contributed by atoms with Crippen LogP contribution in [0.5, 0.6) is 5.75 Å². The minimum atomic E-state index is -4.48. The van der Waals surface area contributed by atoms with Crippen LogP contribution in [0.15, 0.2) is 22.7 Å². The first-order valence-corrected chi connectivity index (χ1v) is 15.7. The summed E-state index contributed by atoms with van der Waals surface area (Å²) in [6.45, 7) is 9.22. The first kappa shape index (κ1) is 37.6. The zero-order valence-corrected chi connectivity index (χ0v) is 27.8. The van der Waals surface area contributed by atoms with Gasteiger partial charge < -0.3 is 39.5 Å². The minimum absolute atomic E-state index is 0.0865. The average molecular weight is 670 g/mol. The molecule has 0 unspecified atom stereocenters. The normalized spacial score (nSPS) is 20.4. The molecule has 0 aliphatic carbocycles. The fourth-order valence-corrected chi connectivity index (χ4v) is 5.16. The van der Waals surface area contributed by atoms with Crippen LogP contribution < -0.4 is 15.4 Å². The highest BCUT2D eigenvalue weighted by Gasteiger charge is 2.32. The summed E-state index contributed by atoms with van der Waals surface area (Å²) in [4.78, 5) is 42.5. The number of alkyl halides is 3. The van der Waals surface area contributed by atoms with E-state index in [-0.39, 0.29) is 48.7 Å². The van der Waals surface area contributed by atoms with E-state index >= 15 is 0 Å². The number of aromatic nitrogens is 1. The Kier molecular flexibility index (Phi) is 13.5. The Labute approximate surface area is 272 Å². The van der Waals surface area contributed by atoms with Gasteiger partial charge in [0.25, 0.3) is 5.91 Å². The summed E-state index contributed by atoms with van der Waals surface area (Å²) in [5.74, 6) is -0.951. The lowest BCUT2D eigenvalue weighted by molar-refractivity contribution is -0.142. The van der Waals surface area contributed by atoms with E-state index in [4.69, 9.17) is 14.0 Å². The van der Waals surface area contributed by atoms with Gasteiger partial charge in [-0.1, -0.05) is 12.1 Å². The molecule has 0 saturated carbocycles. The molecular formula is C32H46F3N5O7. The number of urea groups is 1. The molecule has 1 aliphatic heterocycles. The van der Waals surface area contributed by atoms with Crippen LogP contribution in [0.3, 0.4) is 0 Å². The maximum atomic E-state index is 14.2. The number of aliphatic hydroxyl groups excluding tert-OH is 1. The number of anilines is 2. The summed E-state index contributed by atoms with van der Waals surface area (Å²) in [6, 6.07) is 3.33. The van der Waals surface area contributed by atoms with Gasteiger partial charge in [0.2, 0.25) is 5.91 Å². The lowest BCUT2D eigenvalue weighted by atomic mass is 10.0. The highest BCUT2D eigenvalue weighted by Crippen LogP contribution is 2.29. The first-order valence-electron chi connectivity index (χ1n) is 15.7. The zero-order valence-electron chi connectivity index (χ0n) is 27.8. The molecule has 262 valence electrons. The predicted molar refractivity (Wildman–Crippen MR) is 168 cm³/mol. The topological polar surface area (TPSA) is 146 Å². The van der Waals surface area contributed by atoms with Crippen LogP contribution in [0.25, 0.3) is 0 Å². The molecule has 0 saturated heterocycles. The molecule has 0 radical (unpaired) electrons. The molecular weight excluding hydrogens is 623 g/mol. The molecule has 4 atom stereocenters. The second-order valence-electron chi connectivity index (χ2n) is 12.2. The van der Waals surface area contributed by atoms with Gasteiger partial charge in [0.15, 0.2) is 5.76 Å². The highest BCUT2D eigenvalue weighted by molar-refractivity contribution is 5.99. The Morgan fingerprint density at radius 1 is 1.19 bits per heavy atom. The van der Waals surface area contributed by atoms with Crippen molar-refractivity contribution in [1.29, 1.82) is 0 Å². The second kappa shape index (κ2) is 16.8. The molecule has 3 rings (SSSR count).